The summed E-state index contributed by atoms with van der Waals surface area (Å²) in [6.45, 7) is 3.16. The molecule has 0 spiro atoms. The van der Waals surface area contributed by atoms with Crippen LogP contribution >= 0.6 is 0 Å². The minimum atomic E-state index is -1.49. The Kier molecular flexibility index (Phi) is 4.38. The lowest BCUT2D eigenvalue weighted by Crippen LogP contribution is -2.99. The van der Waals surface area contributed by atoms with Crippen molar-refractivity contribution in [3.05, 3.63) is 35.4 Å². The molecule has 2 amide bonds. The first kappa shape index (κ1) is 17.6. The van der Waals surface area contributed by atoms with E-state index in [0.717, 1.165) is 16.0 Å². The number of aryl methyl sites for hydroxylation is 1. The van der Waals surface area contributed by atoms with Crippen LogP contribution in [0.5, 0.6) is 0 Å². The molecule has 2 fully saturated rings. The quantitative estimate of drug-likeness (QED) is 0.545. The van der Waals surface area contributed by atoms with Gasteiger partial charge in [-0.25, -0.2) is 4.79 Å². The zero-order valence-electron chi connectivity index (χ0n) is 14.6. The summed E-state index contributed by atoms with van der Waals surface area (Å²) < 4.78 is 5.15. The molecule has 7 heteroatoms. The van der Waals surface area contributed by atoms with Gasteiger partial charge in [0.15, 0.2) is 0 Å². The van der Waals surface area contributed by atoms with Crippen molar-refractivity contribution in [2.24, 2.45) is 11.8 Å². The largest absolute Gasteiger partial charge is 0.461 e. The van der Waals surface area contributed by atoms with E-state index in [9.17, 15) is 19.5 Å². The van der Waals surface area contributed by atoms with Gasteiger partial charge in [0.1, 0.15) is 24.5 Å². The lowest BCUT2D eigenvalue weighted by molar-refractivity contribution is -0.735. The van der Waals surface area contributed by atoms with Crippen LogP contribution in [0.2, 0.25) is 0 Å². The molecule has 0 aromatic heterocycles. The maximum Gasteiger partial charge on any atom is 0.371 e. The molecule has 25 heavy (non-hydrogen) atoms. The Morgan fingerprint density at radius 2 is 2.00 bits per heavy atom. The number of nitrogens with two attached hydrogens (primary N) is 1. The number of carbonyl (C=O) groups is 3. The highest BCUT2D eigenvalue weighted by Gasteiger charge is 2.72. The highest BCUT2D eigenvalue weighted by Crippen LogP contribution is 2.44. The molecule has 134 valence electrons. The van der Waals surface area contributed by atoms with Crippen LogP contribution in [0.15, 0.2) is 24.3 Å². The molecular weight excluding hydrogens is 324 g/mol. The summed E-state index contributed by atoms with van der Waals surface area (Å²) in [6.07, 6.45) is 0. The lowest BCUT2D eigenvalue weighted by atomic mass is 9.79. The SMILES string of the molecule is CCOC(=O)[C@@]1(CO)[NH2+][C@@H](c2ccccc2C)[C@H]2C(=O)N(C)C(=O)[C@@H]21. The number of aliphatic hydroxyl groups excluding tert-OH is 1. The number of quaternary nitrogens is 1. The first-order chi connectivity index (χ1) is 11.9. The van der Waals surface area contributed by atoms with Crippen LogP contribution in [0, 0.1) is 18.8 Å². The van der Waals surface area contributed by atoms with Crippen molar-refractivity contribution in [2.45, 2.75) is 25.4 Å². The zero-order valence-corrected chi connectivity index (χ0v) is 14.6. The topological polar surface area (TPSA) is 101 Å². The van der Waals surface area contributed by atoms with Crippen molar-refractivity contribution in [3.63, 3.8) is 0 Å². The summed E-state index contributed by atoms with van der Waals surface area (Å²) in [6, 6.07) is 7.14. The van der Waals surface area contributed by atoms with E-state index in [-0.39, 0.29) is 12.5 Å². The van der Waals surface area contributed by atoms with Crippen LogP contribution in [-0.4, -0.2) is 53.6 Å². The molecule has 4 atom stereocenters. The third kappa shape index (κ3) is 2.38. The molecule has 0 radical (unpaired) electrons. The minimum Gasteiger partial charge on any atom is -0.461 e. The van der Waals surface area contributed by atoms with Gasteiger partial charge in [-0.3, -0.25) is 14.5 Å². The molecular formula is C18H23N2O5+. The monoisotopic (exact) mass is 347 g/mol. The van der Waals surface area contributed by atoms with Gasteiger partial charge in [-0.05, 0) is 19.4 Å². The maximum absolute atomic E-state index is 12.7. The van der Waals surface area contributed by atoms with E-state index < -0.39 is 41.9 Å². The predicted molar refractivity (Wildman–Crippen MR) is 87.1 cm³/mol. The molecule has 0 unspecified atom stereocenters. The molecule has 3 rings (SSSR count). The van der Waals surface area contributed by atoms with Crippen molar-refractivity contribution < 1.29 is 29.5 Å². The summed E-state index contributed by atoms with van der Waals surface area (Å²) >= 11 is 0. The van der Waals surface area contributed by atoms with E-state index in [1.807, 2.05) is 31.2 Å². The van der Waals surface area contributed by atoms with Crippen molar-refractivity contribution >= 4 is 17.8 Å². The molecule has 1 aromatic rings. The second-order valence-corrected chi connectivity index (χ2v) is 6.71. The Morgan fingerprint density at radius 3 is 2.60 bits per heavy atom. The zero-order chi connectivity index (χ0) is 18.4. The molecule has 2 aliphatic heterocycles. The first-order valence-corrected chi connectivity index (χ1v) is 8.40. The van der Waals surface area contributed by atoms with Gasteiger partial charge in [-0.2, -0.15) is 0 Å². The number of hydrogen-bond acceptors (Lipinski definition) is 5. The van der Waals surface area contributed by atoms with Gasteiger partial charge in [0.05, 0.1) is 6.61 Å². The van der Waals surface area contributed by atoms with Gasteiger partial charge in [0.2, 0.25) is 17.4 Å². The molecule has 2 saturated heterocycles. The van der Waals surface area contributed by atoms with Gasteiger partial charge in [-0.15, -0.1) is 0 Å². The van der Waals surface area contributed by atoms with E-state index >= 15 is 0 Å². The van der Waals surface area contributed by atoms with Crippen LogP contribution in [0.25, 0.3) is 0 Å². The van der Waals surface area contributed by atoms with Crippen LogP contribution in [0.3, 0.4) is 0 Å². The van der Waals surface area contributed by atoms with Crippen LogP contribution in [0.1, 0.15) is 24.1 Å². The summed E-state index contributed by atoms with van der Waals surface area (Å²) in [5, 5.41) is 11.7. The maximum atomic E-state index is 12.7. The summed E-state index contributed by atoms with van der Waals surface area (Å²) in [7, 11) is 1.42. The fourth-order valence-corrected chi connectivity index (χ4v) is 4.19. The number of carbonyl (C=O) groups excluding carboxylic acids is 3. The van der Waals surface area contributed by atoms with E-state index in [2.05, 4.69) is 0 Å². The Balaban J connectivity index is 2.14. The number of rotatable bonds is 4. The highest BCUT2D eigenvalue weighted by molar-refractivity contribution is 6.08. The minimum absolute atomic E-state index is 0.138. The van der Waals surface area contributed by atoms with Crippen LogP contribution in [0.4, 0.5) is 0 Å². The number of amides is 2. The number of likely N-dealkylation sites (tertiary alicyclic amines) is 1. The number of aliphatic hydroxyl groups is 1. The Bertz CT molecular complexity index is 734. The van der Waals surface area contributed by atoms with Crippen LogP contribution < -0.4 is 5.32 Å². The molecule has 2 heterocycles. The molecule has 0 saturated carbocycles. The van der Waals surface area contributed by atoms with E-state index in [1.54, 1.807) is 12.2 Å². The number of esters is 1. The average molecular weight is 347 g/mol. The Labute approximate surface area is 146 Å². The smallest absolute Gasteiger partial charge is 0.371 e. The second-order valence-electron chi connectivity index (χ2n) is 6.71. The number of ether oxygens (including phenoxy) is 1. The van der Waals surface area contributed by atoms with Gasteiger partial charge >= 0.3 is 5.97 Å². The predicted octanol–water partition coefficient (Wildman–Crippen LogP) is -0.862. The number of benzene rings is 1. The normalized spacial score (nSPS) is 31.4. The Morgan fingerprint density at radius 1 is 1.32 bits per heavy atom. The molecule has 3 N–H and O–H groups in total. The summed E-state index contributed by atoms with van der Waals surface area (Å²) in [4.78, 5) is 39.2. The van der Waals surface area contributed by atoms with E-state index in [4.69, 9.17) is 4.74 Å². The van der Waals surface area contributed by atoms with Crippen molar-refractivity contribution in [3.8, 4) is 0 Å². The standard InChI is InChI=1S/C18H22N2O5/c1-4-25-17(24)18(9-21)13-12(15(22)20(3)16(13)23)14(19-18)11-8-6-5-7-10(11)2/h5-8,12-14,19,21H,4,9H2,1-3H3/p+1/t12-,13+,14-,18-/m0/s1. The molecule has 1 aromatic carbocycles. The number of nitrogens with zero attached hydrogens (tertiary/aromatic N) is 1. The first-order valence-electron chi connectivity index (χ1n) is 8.40. The van der Waals surface area contributed by atoms with Crippen molar-refractivity contribution in [2.75, 3.05) is 20.3 Å². The number of hydrogen-bond donors (Lipinski definition) is 2. The van der Waals surface area contributed by atoms with Crippen molar-refractivity contribution in [1.29, 1.82) is 0 Å². The van der Waals surface area contributed by atoms with Gasteiger partial charge in [0.25, 0.3) is 0 Å². The third-order valence-electron chi connectivity index (χ3n) is 5.45. The summed E-state index contributed by atoms with van der Waals surface area (Å²) in [5.74, 6) is -3.04. The molecule has 0 aliphatic carbocycles. The fourth-order valence-electron chi connectivity index (χ4n) is 4.19. The fraction of sp³-hybridized carbons (Fsp3) is 0.500. The molecule has 7 nitrogen and oxygen atoms in total. The number of fused-ring (bicyclic) bond motifs is 1. The second kappa shape index (κ2) is 6.24. The number of imide groups is 1. The third-order valence-corrected chi connectivity index (χ3v) is 5.45. The highest BCUT2D eigenvalue weighted by atomic mass is 16.5. The molecule has 0 bridgehead atoms. The average Bonchev–Trinajstić information content (AvgIpc) is 3.06. The molecule has 2 aliphatic rings. The van der Waals surface area contributed by atoms with Gasteiger partial charge in [-0.1, -0.05) is 24.3 Å². The van der Waals surface area contributed by atoms with Gasteiger partial charge < -0.3 is 15.2 Å². The van der Waals surface area contributed by atoms with E-state index in [0.29, 0.717) is 0 Å². The van der Waals surface area contributed by atoms with Gasteiger partial charge in [0, 0.05) is 12.6 Å². The van der Waals surface area contributed by atoms with Crippen LogP contribution in [-0.2, 0) is 19.1 Å². The Hall–Kier alpha value is -2.25. The summed E-state index contributed by atoms with van der Waals surface area (Å²) in [5.41, 5.74) is 0.356. The lowest BCUT2D eigenvalue weighted by Gasteiger charge is -2.27. The van der Waals surface area contributed by atoms with E-state index in [1.165, 1.54) is 7.05 Å². The van der Waals surface area contributed by atoms with Crippen molar-refractivity contribution in [1.82, 2.24) is 4.90 Å².